The molecule has 2 aromatic carbocycles. The number of para-hydroxylation sites is 1. The number of nitrogens with zero attached hydrogens (tertiary/aromatic N) is 1. The highest BCUT2D eigenvalue weighted by Crippen LogP contribution is 2.31. The van der Waals surface area contributed by atoms with Crippen LogP contribution in [-0.2, 0) is 4.79 Å². The standard InChI is InChI=1S/C20H22ClFN2O3.ClH/c1-13(27-19-8-7-14(22)11-16(19)21)20(25)24-10-9-23-12-17(24)15-5-3-4-6-18(15)26-2;/h3-8,11,13,17,23H,9-10,12H2,1-2H3;1H. The van der Waals surface area contributed by atoms with E-state index in [2.05, 4.69) is 5.32 Å². The second-order valence-electron chi connectivity index (χ2n) is 6.33. The van der Waals surface area contributed by atoms with Crippen molar-refractivity contribution in [1.29, 1.82) is 0 Å². The highest BCUT2D eigenvalue weighted by atomic mass is 35.5. The average Bonchev–Trinajstić information content (AvgIpc) is 2.69. The summed E-state index contributed by atoms with van der Waals surface area (Å²) in [5.41, 5.74) is 0.938. The van der Waals surface area contributed by atoms with E-state index in [4.69, 9.17) is 21.1 Å². The van der Waals surface area contributed by atoms with Crippen LogP contribution in [0.2, 0.25) is 5.02 Å². The molecule has 2 aromatic rings. The third-order valence-electron chi connectivity index (χ3n) is 4.57. The van der Waals surface area contributed by atoms with Crippen molar-refractivity contribution in [2.45, 2.75) is 19.1 Å². The van der Waals surface area contributed by atoms with Gasteiger partial charge < -0.3 is 19.7 Å². The minimum Gasteiger partial charge on any atom is -0.496 e. The van der Waals surface area contributed by atoms with Crippen LogP contribution in [0.5, 0.6) is 11.5 Å². The van der Waals surface area contributed by atoms with E-state index < -0.39 is 11.9 Å². The van der Waals surface area contributed by atoms with Crippen LogP contribution in [0.25, 0.3) is 0 Å². The van der Waals surface area contributed by atoms with Gasteiger partial charge in [-0.15, -0.1) is 12.4 Å². The maximum Gasteiger partial charge on any atom is 0.263 e. The quantitative estimate of drug-likeness (QED) is 0.785. The first kappa shape index (κ1) is 22.3. The van der Waals surface area contributed by atoms with Crippen LogP contribution < -0.4 is 14.8 Å². The van der Waals surface area contributed by atoms with Gasteiger partial charge in [-0.1, -0.05) is 29.8 Å². The van der Waals surface area contributed by atoms with E-state index in [1.54, 1.807) is 18.9 Å². The smallest absolute Gasteiger partial charge is 0.263 e. The van der Waals surface area contributed by atoms with E-state index >= 15 is 0 Å². The number of carbonyl (C=O) groups excluding carboxylic acids is 1. The predicted molar refractivity (Wildman–Crippen MR) is 109 cm³/mol. The summed E-state index contributed by atoms with van der Waals surface area (Å²) in [5.74, 6) is 0.402. The number of benzene rings is 2. The Morgan fingerprint density at radius 3 is 2.75 bits per heavy atom. The lowest BCUT2D eigenvalue weighted by Crippen LogP contribution is -2.52. The second-order valence-corrected chi connectivity index (χ2v) is 6.74. The molecule has 1 heterocycles. The van der Waals surface area contributed by atoms with Crippen LogP contribution in [0.4, 0.5) is 4.39 Å². The van der Waals surface area contributed by atoms with Crippen LogP contribution in [0.15, 0.2) is 42.5 Å². The molecule has 28 heavy (non-hydrogen) atoms. The molecule has 1 aliphatic heterocycles. The predicted octanol–water partition coefficient (Wildman–Crippen LogP) is 3.85. The Hall–Kier alpha value is -2.02. The van der Waals surface area contributed by atoms with Crippen molar-refractivity contribution in [2.75, 3.05) is 26.7 Å². The molecule has 5 nitrogen and oxygen atoms in total. The molecule has 8 heteroatoms. The zero-order chi connectivity index (χ0) is 19.4. The summed E-state index contributed by atoms with van der Waals surface area (Å²) >= 11 is 6.01. The number of hydrogen-bond acceptors (Lipinski definition) is 4. The number of nitrogens with one attached hydrogen (secondary N) is 1. The molecular weight excluding hydrogens is 406 g/mol. The monoisotopic (exact) mass is 428 g/mol. The van der Waals surface area contributed by atoms with E-state index in [1.165, 1.54) is 12.1 Å². The van der Waals surface area contributed by atoms with Gasteiger partial charge in [0.05, 0.1) is 18.2 Å². The fraction of sp³-hybridized carbons (Fsp3) is 0.350. The van der Waals surface area contributed by atoms with Crippen LogP contribution in [0.1, 0.15) is 18.5 Å². The molecular formula is C20H23Cl2FN2O3. The number of amides is 1. The van der Waals surface area contributed by atoms with Crippen LogP contribution in [-0.4, -0.2) is 43.7 Å². The summed E-state index contributed by atoms with van der Waals surface area (Å²) in [7, 11) is 1.61. The molecule has 1 N–H and O–H groups in total. The number of ether oxygens (including phenoxy) is 2. The maximum atomic E-state index is 13.2. The molecule has 2 atom stereocenters. The lowest BCUT2D eigenvalue weighted by molar-refractivity contribution is -0.141. The molecule has 1 aliphatic rings. The summed E-state index contributed by atoms with van der Waals surface area (Å²) in [6.07, 6.45) is -0.761. The molecule has 0 saturated carbocycles. The highest BCUT2D eigenvalue weighted by Gasteiger charge is 2.33. The molecule has 0 spiro atoms. The molecule has 1 fully saturated rings. The average molecular weight is 429 g/mol. The summed E-state index contributed by atoms with van der Waals surface area (Å²) in [5, 5.41) is 3.46. The normalized spacial score (nSPS) is 17.4. The van der Waals surface area contributed by atoms with Crippen molar-refractivity contribution in [3.8, 4) is 11.5 Å². The Bertz CT molecular complexity index is 822. The second kappa shape index (κ2) is 9.96. The van der Waals surface area contributed by atoms with Crippen LogP contribution >= 0.6 is 24.0 Å². The van der Waals surface area contributed by atoms with Crippen LogP contribution in [0, 0.1) is 5.82 Å². The molecule has 0 aliphatic carbocycles. The van der Waals surface area contributed by atoms with E-state index in [0.29, 0.717) is 19.6 Å². The van der Waals surface area contributed by atoms with Gasteiger partial charge in [0.25, 0.3) is 5.91 Å². The van der Waals surface area contributed by atoms with Crippen molar-refractivity contribution >= 4 is 29.9 Å². The molecule has 0 bridgehead atoms. The Labute approximate surface area is 175 Å². The molecule has 2 unspecified atom stereocenters. The molecule has 1 saturated heterocycles. The first-order valence-corrected chi connectivity index (χ1v) is 9.15. The fourth-order valence-corrected chi connectivity index (χ4v) is 3.44. The van der Waals surface area contributed by atoms with Gasteiger partial charge in [-0.3, -0.25) is 4.79 Å². The highest BCUT2D eigenvalue weighted by molar-refractivity contribution is 6.32. The van der Waals surface area contributed by atoms with Gasteiger partial charge in [0.2, 0.25) is 0 Å². The lowest BCUT2D eigenvalue weighted by Gasteiger charge is -2.38. The van der Waals surface area contributed by atoms with E-state index in [0.717, 1.165) is 17.4 Å². The van der Waals surface area contributed by atoms with E-state index in [9.17, 15) is 9.18 Å². The van der Waals surface area contributed by atoms with Crippen molar-refractivity contribution in [3.05, 3.63) is 58.9 Å². The molecule has 152 valence electrons. The van der Waals surface area contributed by atoms with Gasteiger partial charge in [0.1, 0.15) is 17.3 Å². The number of halogens is 3. The third-order valence-corrected chi connectivity index (χ3v) is 4.87. The Morgan fingerprint density at radius 1 is 1.29 bits per heavy atom. The summed E-state index contributed by atoms with van der Waals surface area (Å²) in [4.78, 5) is 14.9. The maximum absolute atomic E-state index is 13.2. The van der Waals surface area contributed by atoms with Gasteiger partial charge >= 0.3 is 0 Å². The molecule has 1 amide bonds. The zero-order valence-electron chi connectivity index (χ0n) is 15.7. The zero-order valence-corrected chi connectivity index (χ0v) is 17.2. The summed E-state index contributed by atoms with van der Waals surface area (Å²) < 4.78 is 24.4. The SMILES string of the molecule is COc1ccccc1C1CNCCN1C(=O)C(C)Oc1ccc(F)cc1Cl.Cl. The molecule has 3 rings (SSSR count). The van der Waals surface area contributed by atoms with Gasteiger partial charge in [-0.25, -0.2) is 4.39 Å². The Morgan fingerprint density at radius 2 is 2.04 bits per heavy atom. The van der Waals surface area contributed by atoms with Gasteiger partial charge in [-0.05, 0) is 31.2 Å². The number of hydrogen-bond donors (Lipinski definition) is 1. The Balaban J connectivity index is 0.00000280. The number of carbonyl (C=O) groups is 1. The van der Waals surface area contributed by atoms with Crippen molar-refractivity contribution in [2.24, 2.45) is 0 Å². The number of piperazine rings is 1. The molecule has 0 aromatic heterocycles. The topological polar surface area (TPSA) is 50.8 Å². The van der Waals surface area contributed by atoms with Gasteiger partial charge in [-0.2, -0.15) is 0 Å². The van der Waals surface area contributed by atoms with Crippen molar-refractivity contribution < 1.29 is 18.7 Å². The van der Waals surface area contributed by atoms with Gasteiger partial charge in [0, 0.05) is 25.2 Å². The minimum absolute atomic E-state index is 0. The van der Waals surface area contributed by atoms with Gasteiger partial charge in [0.15, 0.2) is 6.10 Å². The fourth-order valence-electron chi connectivity index (χ4n) is 3.23. The molecule has 0 radical (unpaired) electrons. The third kappa shape index (κ3) is 4.87. The first-order chi connectivity index (χ1) is 13.0. The minimum atomic E-state index is -0.761. The Kier molecular flexibility index (Phi) is 7.92. The summed E-state index contributed by atoms with van der Waals surface area (Å²) in [6, 6.07) is 11.3. The largest absolute Gasteiger partial charge is 0.496 e. The van der Waals surface area contributed by atoms with Crippen LogP contribution in [0.3, 0.4) is 0 Å². The number of rotatable bonds is 5. The van der Waals surface area contributed by atoms with E-state index in [1.807, 2.05) is 24.3 Å². The van der Waals surface area contributed by atoms with Crippen molar-refractivity contribution in [3.63, 3.8) is 0 Å². The first-order valence-electron chi connectivity index (χ1n) is 8.77. The van der Waals surface area contributed by atoms with Crippen molar-refractivity contribution in [1.82, 2.24) is 10.2 Å². The lowest BCUT2D eigenvalue weighted by atomic mass is 10.0. The number of methoxy groups -OCH3 is 1. The summed E-state index contributed by atoms with van der Waals surface area (Å²) in [6.45, 7) is 3.54. The van der Waals surface area contributed by atoms with E-state index in [-0.39, 0.29) is 35.1 Å².